The molecule has 4 fully saturated rings. The van der Waals surface area contributed by atoms with Crippen molar-refractivity contribution in [3.05, 3.63) is 45.5 Å². The van der Waals surface area contributed by atoms with Crippen LogP contribution in [0.1, 0.15) is 72.2 Å². The van der Waals surface area contributed by atoms with E-state index in [1.165, 1.54) is 37.7 Å². The highest BCUT2D eigenvalue weighted by Gasteiger charge is 2.55. The molecule has 7 rings (SSSR count). The third-order valence-corrected chi connectivity index (χ3v) is 10.3. The van der Waals surface area contributed by atoms with Crippen molar-refractivity contribution in [2.24, 2.45) is 23.2 Å². The Hall–Kier alpha value is -3.00. The minimum atomic E-state index is -0.502. The molecule has 2 heterocycles. The zero-order chi connectivity index (χ0) is 26.1. The summed E-state index contributed by atoms with van der Waals surface area (Å²) in [5.41, 5.74) is 9.79. The van der Waals surface area contributed by atoms with E-state index in [1.807, 2.05) is 25.1 Å². The number of ketones is 1. The lowest BCUT2D eigenvalue weighted by Crippen LogP contribution is -2.50. The summed E-state index contributed by atoms with van der Waals surface area (Å²) in [6.45, 7) is 1.86. The first-order chi connectivity index (χ1) is 17.8. The van der Waals surface area contributed by atoms with Gasteiger partial charge in [-0.1, -0.05) is 6.07 Å². The fraction of sp³-hybridized carbons (Fsp3) is 0.517. The van der Waals surface area contributed by atoms with Crippen LogP contribution in [0, 0.1) is 23.2 Å². The van der Waals surface area contributed by atoms with Crippen molar-refractivity contribution in [1.29, 1.82) is 0 Å². The van der Waals surface area contributed by atoms with E-state index in [4.69, 9.17) is 19.9 Å². The van der Waals surface area contributed by atoms with Crippen molar-refractivity contribution in [3.8, 4) is 11.5 Å². The van der Waals surface area contributed by atoms with Crippen LogP contribution in [-0.2, 0) is 9.53 Å². The lowest BCUT2D eigenvalue weighted by atomic mass is 9.48. The summed E-state index contributed by atoms with van der Waals surface area (Å²) in [5, 5.41) is 4.19. The number of carbonyl (C=O) groups is 2. The first kappa shape index (κ1) is 24.3. The van der Waals surface area contributed by atoms with E-state index >= 15 is 0 Å². The van der Waals surface area contributed by atoms with Crippen molar-refractivity contribution in [3.63, 3.8) is 0 Å². The molecule has 8 heteroatoms. The number of anilines is 2. The molecule has 4 saturated carbocycles. The number of rotatable bonds is 6. The first-order valence-electron chi connectivity index (χ1n) is 13.0. The number of fused-ring (bicyclic) bond motifs is 1. The Labute approximate surface area is 221 Å². The largest absolute Gasteiger partial charge is 0.493 e. The molecule has 0 amide bonds. The minimum Gasteiger partial charge on any atom is -0.493 e. The number of hydrogen-bond acceptors (Lipinski definition) is 8. The van der Waals surface area contributed by atoms with Crippen LogP contribution in [0.2, 0.25) is 0 Å². The Bertz CT molecular complexity index is 1290. The van der Waals surface area contributed by atoms with Gasteiger partial charge in [0, 0.05) is 22.6 Å². The summed E-state index contributed by atoms with van der Waals surface area (Å²) in [5.74, 6) is 2.41. The molecule has 196 valence electrons. The fourth-order valence-electron chi connectivity index (χ4n) is 7.98. The summed E-state index contributed by atoms with van der Waals surface area (Å²) < 4.78 is 16.2. The van der Waals surface area contributed by atoms with Gasteiger partial charge in [-0.15, -0.1) is 11.3 Å². The summed E-state index contributed by atoms with van der Waals surface area (Å²) in [6, 6.07) is 5.60. The Morgan fingerprint density at radius 2 is 1.62 bits per heavy atom. The van der Waals surface area contributed by atoms with Gasteiger partial charge in [-0.25, -0.2) is 4.79 Å². The summed E-state index contributed by atoms with van der Waals surface area (Å²) in [7, 11) is 4.55. The van der Waals surface area contributed by atoms with Gasteiger partial charge >= 0.3 is 5.97 Å². The average molecular weight is 523 g/mol. The number of nitrogen functional groups attached to an aromatic ring is 1. The molecular formula is C29H34N2O5S. The van der Waals surface area contributed by atoms with Crippen molar-refractivity contribution < 1.29 is 23.8 Å². The van der Waals surface area contributed by atoms with Crippen LogP contribution >= 0.6 is 11.3 Å². The second kappa shape index (κ2) is 8.79. The molecule has 2 aromatic rings. The van der Waals surface area contributed by atoms with Crippen LogP contribution in [0.5, 0.6) is 11.5 Å². The number of nitrogens with two attached hydrogens (primary N) is 1. The lowest BCUT2D eigenvalue weighted by Gasteiger charge is -2.55. The highest BCUT2D eigenvalue weighted by molar-refractivity contribution is 7.19. The summed E-state index contributed by atoms with van der Waals surface area (Å²) >= 11 is 1.43. The van der Waals surface area contributed by atoms with Crippen molar-refractivity contribution in [2.45, 2.75) is 51.4 Å². The lowest BCUT2D eigenvalue weighted by molar-refractivity contribution is -0.136. The predicted octanol–water partition coefficient (Wildman–Crippen LogP) is 5.75. The zero-order valence-electron chi connectivity index (χ0n) is 21.8. The van der Waals surface area contributed by atoms with Gasteiger partial charge < -0.3 is 25.3 Å². The predicted molar refractivity (Wildman–Crippen MR) is 143 cm³/mol. The van der Waals surface area contributed by atoms with E-state index in [9.17, 15) is 9.59 Å². The quantitative estimate of drug-likeness (QED) is 0.368. The van der Waals surface area contributed by atoms with Gasteiger partial charge in [0.2, 0.25) is 0 Å². The van der Waals surface area contributed by atoms with Gasteiger partial charge in [0.1, 0.15) is 0 Å². The fourth-order valence-corrected chi connectivity index (χ4v) is 9.25. The Morgan fingerprint density at radius 1 is 1.00 bits per heavy atom. The number of ether oxygens (including phenoxy) is 3. The van der Waals surface area contributed by atoms with Crippen LogP contribution in [0.25, 0.3) is 0 Å². The maximum Gasteiger partial charge on any atom is 0.336 e. The normalized spacial score (nSPS) is 29.5. The van der Waals surface area contributed by atoms with Crippen LogP contribution in [0.3, 0.4) is 0 Å². The third kappa shape index (κ3) is 3.67. The van der Waals surface area contributed by atoms with Crippen LogP contribution in [0.4, 0.5) is 10.7 Å². The molecule has 3 N–H and O–H groups in total. The molecule has 1 aliphatic heterocycles. The van der Waals surface area contributed by atoms with Crippen LogP contribution < -0.4 is 20.5 Å². The number of hydrogen-bond donors (Lipinski definition) is 2. The molecule has 0 spiro atoms. The maximum atomic E-state index is 14.3. The average Bonchev–Trinajstić information content (AvgIpc) is 3.21. The molecule has 4 bridgehead atoms. The van der Waals surface area contributed by atoms with E-state index in [0.29, 0.717) is 51.1 Å². The number of nitrogens with one attached hydrogen (secondary N) is 1. The SMILES string of the molecule is COC(=O)C1=C(C)Nc2sc(C(=O)C34CC5CC(CC(C5)C3)C4)c(N)c2C1c1ccc(OC)c(OC)c1. The van der Waals surface area contributed by atoms with E-state index in [2.05, 4.69) is 5.32 Å². The molecule has 0 radical (unpaired) electrons. The molecule has 1 atom stereocenters. The van der Waals surface area contributed by atoms with E-state index in [1.54, 1.807) is 14.2 Å². The van der Waals surface area contributed by atoms with Gasteiger partial charge in [0.25, 0.3) is 0 Å². The zero-order valence-corrected chi connectivity index (χ0v) is 22.6. The topological polar surface area (TPSA) is 99.9 Å². The Kier molecular flexibility index (Phi) is 5.78. The van der Waals surface area contributed by atoms with E-state index in [0.717, 1.165) is 35.4 Å². The van der Waals surface area contributed by atoms with Crippen molar-refractivity contribution >= 4 is 33.8 Å². The standard InChI is InChI=1S/C29H34N2O5S/c1-14-21(28(33)36-4)22(18-5-6-19(34-2)20(10-18)35-3)23-24(30)25(37-27(23)31-14)26(32)29-11-15-7-16(12-29)9-17(8-15)13-29/h5-6,10,15-17,22,31H,7-9,11-13,30H2,1-4H3. The third-order valence-electron chi connectivity index (χ3n) is 9.14. The first-order valence-corrected chi connectivity index (χ1v) is 13.8. The smallest absolute Gasteiger partial charge is 0.336 e. The molecule has 4 aliphatic carbocycles. The summed E-state index contributed by atoms with van der Waals surface area (Å²) in [6.07, 6.45) is 6.78. The van der Waals surface area contributed by atoms with Crippen LogP contribution in [-0.4, -0.2) is 33.1 Å². The van der Waals surface area contributed by atoms with Gasteiger partial charge in [0.05, 0.1) is 42.5 Å². The molecule has 7 nitrogen and oxygen atoms in total. The van der Waals surface area contributed by atoms with Gasteiger partial charge in [0.15, 0.2) is 17.3 Å². The highest BCUT2D eigenvalue weighted by Crippen LogP contribution is 2.62. The number of esters is 1. The van der Waals surface area contributed by atoms with Gasteiger partial charge in [-0.2, -0.15) is 0 Å². The number of methoxy groups -OCH3 is 3. The number of thiophene rings is 1. The van der Waals surface area contributed by atoms with E-state index < -0.39 is 11.9 Å². The van der Waals surface area contributed by atoms with Gasteiger partial charge in [-0.3, -0.25) is 4.79 Å². The minimum absolute atomic E-state index is 0.202. The van der Waals surface area contributed by atoms with Crippen molar-refractivity contribution in [2.75, 3.05) is 32.4 Å². The highest BCUT2D eigenvalue weighted by atomic mass is 32.1. The maximum absolute atomic E-state index is 14.3. The van der Waals surface area contributed by atoms with Crippen molar-refractivity contribution in [1.82, 2.24) is 0 Å². The number of benzene rings is 1. The monoisotopic (exact) mass is 522 g/mol. The molecule has 1 aromatic heterocycles. The number of Topliss-reactive ketones (excluding diaryl/α,β-unsaturated/α-hetero) is 1. The molecule has 37 heavy (non-hydrogen) atoms. The number of allylic oxidation sites excluding steroid dienone is 1. The second-order valence-corrected chi connectivity index (χ2v) is 12.3. The molecule has 5 aliphatic rings. The molecule has 1 unspecified atom stereocenters. The van der Waals surface area contributed by atoms with Crippen LogP contribution in [0.15, 0.2) is 29.5 Å². The Morgan fingerprint density at radius 3 is 2.19 bits per heavy atom. The second-order valence-electron chi connectivity index (χ2n) is 11.3. The van der Waals surface area contributed by atoms with Gasteiger partial charge in [-0.05, 0) is 80.9 Å². The summed E-state index contributed by atoms with van der Waals surface area (Å²) in [4.78, 5) is 28.0. The molecular weight excluding hydrogens is 488 g/mol. The number of carbonyl (C=O) groups excluding carboxylic acids is 2. The molecule has 0 saturated heterocycles. The molecule has 1 aromatic carbocycles. The Balaban J connectivity index is 1.47. The van der Waals surface area contributed by atoms with E-state index in [-0.39, 0.29) is 11.2 Å².